The van der Waals surface area contributed by atoms with E-state index in [-0.39, 0.29) is 5.91 Å². The zero-order valence-electron chi connectivity index (χ0n) is 23.0. The normalized spacial score (nSPS) is 24.4. The molecule has 0 bridgehead atoms. The van der Waals surface area contributed by atoms with E-state index in [1.54, 1.807) is 12.1 Å². The zero-order chi connectivity index (χ0) is 28.9. The minimum atomic E-state index is -1.40. The van der Waals surface area contributed by atoms with Crippen LogP contribution in [0.1, 0.15) is 52.9 Å². The number of halogens is 1. The lowest BCUT2D eigenvalue weighted by atomic mass is 9.90. The van der Waals surface area contributed by atoms with Gasteiger partial charge in [0, 0.05) is 28.8 Å². The average Bonchev–Trinajstić information content (AvgIpc) is 3.53. The molecule has 2 fully saturated rings. The number of amides is 1. The highest BCUT2D eigenvalue weighted by molar-refractivity contribution is 7.99. The molecule has 0 radical (unpaired) electrons. The van der Waals surface area contributed by atoms with Crippen molar-refractivity contribution in [3.8, 4) is 5.75 Å². The second-order valence-corrected chi connectivity index (χ2v) is 11.9. The molecule has 7 nitrogen and oxygen atoms in total. The van der Waals surface area contributed by atoms with E-state index in [1.165, 1.54) is 11.8 Å². The summed E-state index contributed by atoms with van der Waals surface area (Å²) in [6, 6.07) is 20.7. The summed E-state index contributed by atoms with van der Waals surface area (Å²) in [7, 11) is 0. The predicted octanol–water partition coefficient (Wildman–Crippen LogP) is 4.88. The van der Waals surface area contributed by atoms with Crippen LogP contribution < -0.4 is 4.74 Å². The third-order valence-corrected chi connectivity index (χ3v) is 9.18. The van der Waals surface area contributed by atoms with E-state index in [1.807, 2.05) is 66.4 Å². The van der Waals surface area contributed by atoms with Gasteiger partial charge in [0.1, 0.15) is 30.2 Å². The Bertz CT molecular complexity index is 1330. The molecule has 41 heavy (non-hydrogen) atoms. The molecule has 218 valence electrons. The van der Waals surface area contributed by atoms with Crippen LogP contribution in [0.5, 0.6) is 5.75 Å². The Labute approximate surface area is 250 Å². The van der Waals surface area contributed by atoms with Gasteiger partial charge in [0.25, 0.3) is 5.91 Å². The molecular formula is C32H36ClNO6S. The first-order valence-electron chi connectivity index (χ1n) is 14.1. The van der Waals surface area contributed by atoms with Crippen LogP contribution in [0.3, 0.4) is 0 Å². The average molecular weight is 598 g/mol. The van der Waals surface area contributed by atoms with Crippen molar-refractivity contribution in [2.45, 2.75) is 61.6 Å². The molecule has 0 saturated carbocycles. The summed E-state index contributed by atoms with van der Waals surface area (Å²) in [4.78, 5) is 15.8. The van der Waals surface area contributed by atoms with Crippen molar-refractivity contribution in [3.05, 3.63) is 94.0 Å². The number of aliphatic hydroxyl groups is 3. The number of likely N-dealkylation sites (tertiary alicyclic amines) is 1. The largest absolute Gasteiger partial charge is 0.494 e. The Balaban J connectivity index is 1.31. The first-order valence-corrected chi connectivity index (χ1v) is 15.4. The Hall–Kier alpha value is -2.59. The van der Waals surface area contributed by atoms with Crippen LogP contribution in [0.2, 0.25) is 5.02 Å². The van der Waals surface area contributed by atoms with Gasteiger partial charge in [-0.1, -0.05) is 48.0 Å². The molecular weight excluding hydrogens is 562 g/mol. The number of carbonyl (C=O) groups excluding carboxylic acids is 1. The van der Waals surface area contributed by atoms with Gasteiger partial charge in [0.2, 0.25) is 0 Å². The van der Waals surface area contributed by atoms with Crippen molar-refractivity contribution in [2.24, 2.45) is 0 Å². The Morgan fingerprint density at radius 3 is 2.46 bits per heavy atom. The van der Waals surface area contributed by atoms with Gasteiger partial charge in [0.05, 0.1) is 18.3 Å². The highest BCUT2D eigenvalue weighted by Crippen LogP contribution is 2.37. The van der Waals surface area contributed by atoms with Crippen LogP contribution in [0.25, 0.3) is 0 Å². The Morgan fingerprint density at radius 2 is 1.73 bits per heavy atom. The maximum absolute atomic E-state index is 13.1. The number of hydrogen-bond acceptors (Lipinski definition) is 7. The fourth-order valence-electron chi connectivity index (χ4n) is 5.39. The van der Waals surface area contributed by atoms with Crippen LogP contribution >= 0.6 is 23.4 Å². The summed E-state index contributed by atoms with van der Waals surface area (Å²) in [6.07, 6.45) is -3.06. The molecule has 3 N–H and O–H groups in total. The molecule has 2 saturated heterocycles. The fourth-order valence-corrected chi connectivity index (χ4v) is 6.68. The lowest BCUT2D eigenvalue weighted by Crippen LogP contribution is -2.54. The molecule has 1 amide bonds. The van der Waals surface area contributed by atoms with Crippen molar-refractivity contribution in [1.29, 1.82) is 0 Å². The Kier molecular flexibility index (Phi) is 9.91. The van der Waals surface area contributed by atoms with Gasteiger partial charge in [-0.05, 0) is 73.2 Å². The van der Waals surface area contributed by atoms with Gasteiger partial charge in [-0.3, -0.25) is 4.79 Å². The number of hydrogen-bond donors (Lipinski definition) is 3. The third-order valence-electron chi connectivity index (χ3n) is 7.65. The summed E-state index contributed by atoms with van der Waals surface area (Å²) in [5.74, 6) is 1.10. The molecule has 3 aromatic rings. The van der Waals surface area contributed by atoms with E-state index < -0.39 is 30.5 Å². The molecule has 0 spiro atoms. The number of nitrogens with zero attached hydrogens (tertiary/aromatic N) is 1. The summed E-state index contributed by atoms with van der Waals surface area (Å²) < 4.78 is 11.8. The van der Waals surface area contributed by atoms with E-state index in [4.69, 9.17) is 21.1 Å². The zero-order valence-corrected chi connectivity index (χ0v) is 24.6. The van der Waals surface area contributed by atoms with Gasteiger partial charge >= 0.3 is 0 Å². The van der Waals surface area contributed by atoms with Gasteiger partial charge in [-0.25, -0.2) is 0 Å². The van der Waals surface area contributed by atoms with Gasteiger partial charge in [-0.2, -0.15) is 0 Å². The summed E-state index contributed by atoms with van der Waals surface area (Å²) in [6.45, 7) is 4.06. The van der Waals surface area contributed by atoms with Crippen LogP contribution in [0.15, 0.2) is 71.6 Å². The van der Waals surface area contributed by atoms with Crippen LogP contribution in [-0.4, -0.2) is 76.0 Å². The van der Waals surface area contributed by atoms with Crippen molar-refractivity contribution in [2.75, 3.05) is 25.4 Å². The predicted molar refractivity (Wildman–Crippen MR) is 160 cm³/mol. The molecule has 0 aliphatic carbocycles. The van der Waals surface area contributed by atoms with Crippen molar-refractivity contribution in [1.82, 2.24) is 4.90 Å². The molecule has 2 aliphatic heterocycles. The van der Waals surface area contributed by atoms with Crippen LogP contribution in [0, 0.1) is 0 Å². The lowest BCUT2D eigenvalue weighted by Gasteiger charge is -2.41. The molecule has 2 aliphatic rings. The first-order chi connectivity index (χ1) is 19.9. The highest BCUT2D eigenvalue weighted by Gasteiger charge is 2.44. The summed E-state index contributed by atoms with van der Waals surface area (Å²) in [5, 5.41) is 33.1. The number of ether oxygens (including phenoxy) is 2. The van der Waals surface area contributed by atoms with Gasteiger partial charge in [0.15, 0.2) is 0 Å². The minimum Gasteiger partial charge on any atom is -0.494 e. The Morgan fingerprint density at radius 1 is 1.00 bits per heavy atom. The number of carbonyl (C=O) groups is 1. The van der Waals surface area contributed by atoms with Crippen molar-refractivity contribution < 1.29 is 29.6 Å². The molecule has 3 aromatic carbocycles. The lowest BCUT2D eigenvalue weighted by molar-refractivity contribution is -0.218. The van der Waals surface area contributed by atoms with E-state index in [0.717, 1.165) is 47.7 Å². The maximum atomic E-state index is 13.1. The number of benzene rings is 3. The van der Waals surface area contributed by atoms with Crippen LogP contribution in [0.4, 0.5) is 0 Å². The quantitative estimate of drug-likeness (QED) is 0.302. The van der Waals surface area contributed by atoms with Crippen molar-refractivity contribution >= 4 is 29.3 Å². The molecule has 0 aromatic heterocycles. The van der Waals surface area contributed by atoms with Gasteiger partial charge < -0.3 is 29.7 Å². The van der Waals surface area contributed by atoms with Crippen LogP contribution in [-0.2, 0) is 11.2 Å². The second kappa shape index (κ2) is 13.6. The number of rotatable bonds is 9. The molecule has 5 atom stereocenters. The maximum Gasteiger partial charge on any atom is 0.254 e. The highest BCUT2D eigenvalue weighted by atomic mass is 35.5. The standard InChI is InChI=1S/C32H36ClNO6S/c1-2-39-23-12-9-20(10-13-23)17-22-18-21(11-14-25(22)33)31-30(37)29(36)28(35)26(40-31)19-41-27-8-4-3-7-24(27)32(38)34-15-5-6-16-34/h3-4,7-14,18,26,28-31,35-37H,2,5-6,15-17,19H2,1H3/t26-,28+,29-,30-,31+/m1/s1. The van der Waals surface area contributed by atoms with Gasteiger partial charge in [-0.15, -0.1) is 11.8 Å². The molecule has 9 heteroatoms. The van der Waals surface area contributed by atoms with E-state index in [9.17, 15) is 20.1 Å². The topological polar surface area (TPSA) is 99.5 Å². The van der Waals surface area contributed by atoms with E-state index >= 15 is 0 Å². The molecule has 2 heterocycles. The van der Waals surface area contributed by atoms with Crippen molar-refractivity contribution in [3.63, 3.8) is 0 Å². The van der Waals surface area contributed by atoms with E-state index in [2.05, 4.69) is 0 Å². The minimum absolute atomic E-state index is 0.00488. The number of aliphatic hydroxyl groups excluding tert-OH is 3. The molecule has 5 rings (SSSR count). The smallest absolute Gasteiger partial charge is 0.254 e. The van der Waals surface area contributed by atoms with E-state index in [0.29, 0.717) is 34.9 Å². The third kappa shape index (κ3) is 6.91. The monoisotopic (exact) mass is 597 g/mol. The summed E-state index contributed by atoms with van der Waals surface area (Å²) in [5.41, 5.74) is 3.18. The molecule has 0 unspecified atom stereocenters. The second-order valence-electron chi connectivity index (χ2n) is 10.5. The summed E-state index contributed by atoms with van der Waals surface area (Å²) >= 11 is 7.94. The first kappa shape index (κ1) is 29.9. The number of thioether (sulfide) groups is 1. The fraction of sp³-hybridized carbons (Fsp3) is 0.406. The SMILES string of the molecule is CCOc1ccc(Cc2cc([C@@H]3O[C@H](CSc4ccccc4C(=O)N4CCCC4)[C@H](O)[C@@H](O)[C@H]3O)ccc2Cl)cc1.